The molecule has 0 bridgehead atoms. The average molecular weight is 342 g/mol. The number of anilines is 2. The van der Waals surface area contributed by atoms with Crippen LogP contribution in [0.4, 0.5) is 15.8 Å². The molecule has 0 radical (unpaired) electrons. The van der Waals surface area contributed by atoms with Gasteiger partial charge in [-0.3, -0.25) is 0 Å². The highest BCUT2D eigenvalue weighted by Crippen LogP contribution is 2.40. The molecule has 0 unspecified atom stereocenters. The van der Waals surface area contributed by atoms with E-state index in [0.29, 0.717) is 5.69 Å². The number of benzene rings is 2. The molecule has 4 nitrogen and oxygen atoms in total. The summed E-state index contributed by atoms with van der Waals surface area (Å²) in [7, 11) is -3.93. The smallest absolute Gasteiger partial charge is 0.220 e. The monoisotopic (exact) mass is 342 g/mol. The Labute approximate surface area is 140 Å². The predicted molar refractivity (Wildman–Crippen MR) is 90.0 cm³/mol. The molecule has 1 aliphatic heterocycles. The first-order valence-corrected chi connectivity index (χ1v) is 8.88. The maximum atomic E-state index is 13.7. The molecule has 0 aromatic heterocycles. The van der Waals surface area contributed by atoms with Gasteiger partial charge < -0.3 is 4.90 Å². The Balaban J connectivity index is 2.27. The van der Waals surface area contributed by atoms with Gasteiger partial charge in [-0.15, -0.1) is 0 Å². The van der Waals surface area contributed by atoms with Crippen molar-refractivity contribution in [2.24, 2.45) is 0 Å². The third-order valence-electron chi connectivity index (χ3n) is 3.93. The molecule has 0 atom stereocenters. The van der Waals surface area contributed by atoms with Crippen molar-refractivity contribution in [2.45, 2.75) is 24.7 Å². The van der Waals surface area contributed by atoms with Crippen molar-refractivity contribution in [3.63, 3.8) is 0 Å². The minimum Gasteiger partial charge on any atom is -0.314 e. The van der Waals surface area contributed by atoms with Gasteiger partial charge in [-0.1, -0.05) is 26.0 Å². The highest BCUT2D eigenvalue weighted by molar-refractivity contribution is 7.95. The van der Waals surface area contributed by atoms with E-state index in [1.807, 2.05) is 32.0 Å². The summed E-state index contributed by atoms with van der Waals surface area (Å²) in [6, 6.07) is 12.7. The Morgan fingerprint density at radius 3 is 2.58 bits per heavy atom. The van der Waals surface area contributed by atoms with Crippen LogP contribution in [-0.4, -0.2) is 8.42 Å². The van der Waals surface area contributed by atoms with Gasteiger partial charge in [0.2, 0.25) is 9.84 Å². The van der Waals surface area contributed by atoms with Crippen molar-refractivity contribution < 1.29 is 12.8 Å². The lowest BCUT2D eigenvalue weighted by atomic mass is 10.0. The van der Waals surface area contributed by atoms with Gasteiger partial charge in [-0.25, -0.2) is 12.8 Å². The van der Waals surface area contributed by atoms with E-state index in [9.17, 15) is 18.1 Å². The SMILES string of the molecule is CC(C)c1cccc(N2C=C(C#N)S(=O)(=O)c3ccc(F)cc32)c1. The Hall–Kier alpha value is -2.65. The molecule has 0 saturated carbocycles. The number of nitriles is 1. The molecular formula is C18H15FN2O2S. The normalized spacial score (nSPS) is 15.6. The van der Waals surface area contributed by atoms with Crippen LogP contribution in [0.15, 0.2) is 58.5 Å². The molecule has 6 heteroatoms. The number of rotatable bonds is 2. The molecule has 2 aromatic rings. The van der Waals surface area contributed by atoms with E-state index in [4.69, 9.17) is 0 Å². The van der Waals surface area contributed by atoms with Crippen molar-refractivity contribution in [3.8, 4) is 6.07 Å². The predicted octanol–water partition coefficient (Wildman–Crippen LogP) is 4.24. The molecule has 0 amide bonds. The van der Waals surface area contributed by atoms with Crippen LogP contribution < -0.4 is 4.90 Å². The molecule has 1 aliphatic rings. The number of fused-ring (bicyclic) bond motifs is 1. The lowest BCUT2D eigenvalue weighted by molar-refractivity contribution is 0.600. The van der Waals surface area contributed by atoms with Crippen LogP contribution in [0, 0.1) is 17.1 Å². The third-order valence-corrected chi connectivity index (χ3v) is 5.63. The van der Waals surface area contributed by atoms with Crippen molar-refractivity contribution in [1.29, 1.82) is 5.26 Å². The summed E-state index contributed by atoms with van der Waals surface area (Å²) in [6.45, 7) is 4.09. The van der Waals surface area contributed by atoms with E-state index in [1.54, 1.807) is 17.0 Å². The minimum atomic E-state index is -3.93. The van der Waals surface area contributed by atoms with E-state index < -0.39 is 15.7 Å². The first-order valence-electron chi connectivity index (χ1n) is 7.40. The topological polar surface area (TPSA) is 61.2 Å². The molecule has 24 heavy (non-hydrogen) atoms. The van der Waals surface area contributed by atoms with Crippen LogP contribution in [0.3, 0.4) is 0 Å². The first kappa shape index (κ1) is 16.2. The molecule has 0 aliphatic carbocycles. The van der Waals surface area contributed by atoms with Crippen LogP contribution in [0.2, 0.25) is 0 Å². The van der Waals surface area contributed by atoms with Gasteiger partial charge in [-0.05, 0) is 41.8 Å². The zero-order chi connectivity index (χ0) is 17.5. The van der Waals surface area contributed by atoms with Gasteiger partial charge in [-0.2, -0.15) is 5.26 Å². The fourth-order valence-corrected chi connectivity index (χ4v) is 3.90. The zero-order valence-electron chi connectivity index (χ0n) is 13.2. The van der Waals surface area contributed by atoms with Gasteiger partial charge in [0.1, 0.15) is 11.9 Å². The summed E-state index contributed by atoms with van der Waals surface area (Å²) in [6.07, 6.45) is 1.25. The molecule has 1 heterocycles. The third kappa shape index (κ3) is 2.57. The van der Waals surface area contributed by atoms with Crippen molar-refractivity contribution in [1.82, 2.24) is 0 Å². The van der Waals surface area contributed by atoms with E-state index in [-0.39, 0.29) is 21.4 Å². The van der Waals surface area contributed by atoms with Crippen LogP contribution in [0.1, 0.15) is 25.3 Å². The van der Waals surface area contributed by atoms with Crippen LogP contribution in [-0.2, 0) is 9.84 Å². The van der Waals surface area contributed by atoms with E-state index in [1.165, 1.54) is 18.3 Å². The number of nitrogens with zero attached hydrogens (tertiary/aromatic N) is 2. The average Bonchev–Trinajstić information content (AvgIpc) is 2.54. The fraction of sp³-hybridized carbons (Fsp3) is 0.167. The number of hydrogen-bond acceptors (Lipinski definition) is 4. The lowest BCUT2D eigenvalue weighted by Crippen LogP contribution is -2.21. The van der Waals surface area contributed by atoms with Gasteiger partial charge >= 0.3 is 0 Å². The molecule has 2 aromatic carbocycles. The maximum Gasteiger partial charge on any atom is 0.220 e. The van der Waals surface area contributed by atoms with Crippen molar-refractivity contribution >= 4 is 21.2 Å². The minimum absolute atomic E-state index is 0.0714. The molecule has 122 valence electrons. The quantitative estimate of drug-likeness (QED) is 0.766. The molecular weight excluding hydrogens is 327 g/mol. The second-order valence-electron chi connectivity index (χ2n) is 5.84. The van der Waals surface area contributed by atoms with Gasteiger partial charge in [0.05, 0.1) is 10.6 Å². The van der Waals surface area contributed by atoms with E-state index in [0.717, 1.165) is 11.6 Å². The fourth-order valence-electron chi connectivity index (χ4n) is 2.62. The Morgan fingerprint density at radius 1 is 1.17 bits per heavy atom. The van der Waals surface area contributed by atoms with Gasteiger partial charge in [0.25, 0.3) is 0 Å². The highest BCUT2D eigenvalue weighted by Gasteiger charge is 2.32. The Kier molecular flexibility index (Phi) is 3.90. The van der Waals surface area contributed by atoms with Gasteiger partial charge in [0.15, 0.2) is 4.91 Å². The number of hydrogen-bond donors (Lipinski definition) is 0. The summed E-state index contributed by atoms with van der Waals surface area (Å²) in [5.74, 6) is -0.257. The zero-order valence-corrected chi connectivity index (χ0v) is 14.0. The molecule has 3 rings (SSSR count). The second kappa shape index (κ2) is 5.77. The molecule has 0 spiro atoms. The number of allylic oxidation sites excluding steroid dienone is 1. The summed E-state index contributed by atoms with van der Waals surface area (Å²) in [5, 5.41) is 9.22. The van der Waals surface area contributed by atoms with Crippen LogP contribution >= 0.6 is 0 Å². The van der Waals surface area contributed by atoms with Crippen LogP contribution in [0.25, 0.3) is 0 Å². The Bertz CT molecular complexity index is 988. The van der Waals surface area contributed by atoms with Gasteiger partial charge in [0, 0.05) is 11.9 Å². The molecule has 0 saturated heterocycles. The maximum absolute atomic E-state index is 13.7. The standard InChI is InChI=1S/C18H15FN2O2S/c1-12(2)13-4-3-5-15(8-13)21-11-16(10-20)24(22,23)18-7-6-14(19)9-17(18)21/h3-9,11-12H,1-2H3. The summed E-state index contributed by atoms with van der Waals surface area (Å²) < 4.78 is 38.6. The van der Waals surface area contributed by atoms with Crippen LogP contribution in [0.5, 0.6) is 0 Å². The lowest BCUT2D eigenvalue weighted by Gasteiger charge is -2.28. The molecule has 0 fully saturated rings. The number of halogens is 1. The summed E-state index contributed by atoms with van der Waals surface area (Å²) in [4.78, 5) is 1.11. The van der Waals surface area contributed by atoms with Crippen molar-refractivity contribution in [3.05, 3.63) is 65.0 Å². The Morgan fingerprint density at radius 2 is 1.92 bits per heavy atom. The number of sulfone groups is 1. The highest BCUT2D eigenvalue weighted by atomic mass is 32.2. The summed E-state index contributed by atoms with van der Waals surface area (Å²) in [5.41, 5.74) is 1.94. The second-order valence-corrected chi connectivity index (χ2v) is 7.73. The van der Waals surface area contributed by atoms with E-state index >= 15 is 0 Å². The first-order chi connectivity index (χ1) is 11.3. The van der Waals surface area contributed by atoms with Crippen molar-refractivity contribution in [2.75, 3.05) is 4.90 Å². The van der Waals surface area contributed by atoms with E-state index in [2.05, 4.69) is 0 Å². The largest absolute Gasteiger partial charge is 0.314 e. The summed E-state index contributed by atoms with van der Waals surface area (Å²) >= 11 is 0. The molecule has 0 N–H and O–H groups in total.